The molecule has 7 heteroatoms. The molecule has 0 heterocycles. The van der Waals surface area contributed by atoms with E-state index in [1.807, 2.05) is 0 Å². The van der Waals surface area contributed by atoms with Crippen molar-refractivity contribution in [1.82, 2.24) is 5.32 Å². The summed E-state index contributed by atoms with van der Waals surface area (Å²) in [5, 5.41) is 2.66. The van der Waals surface area contributed by atoms with Crippen LogP contribution in [0.5, 0.6) is 11.5 Å². The van der Waals surface area contributed by atoms with Crippen LogP contribution >= 0.6 is 15.9 Å². The molecule has 0 fully saturated rings. The van der Waals surface area contributed by atoms with Crippen molar-refractivity contribution < 1.29 is 22.6 Å². The molecular weight excluding hydrogens is 327 g/mol. The van der Waals surface area contributed by atoms with Crippen LogP contribution in [0.4, 0.5) is 13.2 Å². The third-order valence-electron chi connectivity index (χ3n) is 2.66. The van der Waals surface area contributed by atoms with Crippen molar-refractivity contribution in [3.63, 3.8) is 0 Å². The fourth-order valence-corrected chi connectivity index (χ4v) is 2.33. The standard InChI is InChI=1S/C12H15BrF3NO2/c1-17-9(6-12(14,15)16)7-4-10(18-2)11(19-3)5-8(7)13/h4-5,9,17H,6H2,1-3H3. The molecule has 108 valence electrons. The molecule has 1 aromatic carbocycles. The molecular formula is C12H15BrF3NO2. The van der Waals surface area contributed by atoms with E-state index in [9.17, 15) is 13.2 Å². The van der Waals surface area contributed by atoms with E-state index in [4.69, 9.17) is 9.47 Å². The zero-order valence-electron chi connectivity index (χ0n) is 10.8. The van der Waals surface area contributed by atoms with Crippen molar-refractivity contribution in [3.8, 4) is 11.5 Å². The normalized spacial score (nSPS) is 13.2. The monoisotopic (exact) mass is 341 g/mol. The fourth-order valence-electron chi connectivity index (χ4n) is 1.74. The smallest absolute Gasteiger partial charge is 0.390 e. The van der Waals surface area contributed by atoms with E-state index < -0.39 is 18.6 Å². The topological polar surface area (TPSA) is 30.5 Å². The van der Waals surface area contributed by atoms with Crippen molar-refractivity contribution in [3.05, 3.63) is 22.2 Å². The van der Waals surface area contributed by atoms with Gasteiger partial charge < -0.3 is 14.8 Å². The molecule has 1 unspecified atom stereocenters. The highest BCUT2D eigenvalue weighted by Gasteiger charge is 2.33. The van der Waals surface area contributed by atoms with Gasteiger partial charge in [-0.1, -0.05) is 15.9 Å². The molecule has 0 saturated carbocycles. The maximum Gasteiger partial charge on any atom is 0.390 e. The molecule has 1 atom stereocenters. The average molecular weight is 342 g/mol. The van der Waals surface area contributed by atoms with E-state index in [1.54, 1.807) is 6.07 Å². The zero-order valence-corrected chi connectivity index (χ0v) is 12.4. The summed E-state index contributed by atoms with van der Waals surface area (Å²) in [6.07, 6.45) is -5.21. The second kappa shape index (κ2) is 6.47. The van der Waals surface area contributed by atoms with Crippen molar-refractivity contribution in [2.24, 2.45) is 0 Å². The summed E-state index contributed by atoms with van der Waals surface area (Å²) in [5.41, 5.74) is 0.470. The lowest BCUT2D eigenvalue weighted by Crippen LogP contribution is -2.24. The van der Waals surface area contributed by atoms with Gasteiger partial charge in [-0.25, -0.2) is 0 Å². The summed E-state index contributed by atoms with van der Waals surface area (Å²) in [6.45, 7) is 0. The molecule has 0 radical (unpaired) electrons. The molecule has 0 aliphatic rings. The van der Waals surface area contributed by atoms with Crippen LogP contribution in [0, 0.1) is 0 Å². The molecule has 0 aliphatic carbocycles. The second-order valence-electron chi connectivity index (χ2n) is 3.89. The third kappa shape index (κ3) is 4.28. The van der Waals surface area contributed by atoms with Gasteiger partial charge >= 0.3 is 6.18 Å². The molecule has 0 saturated heterocycles. The molecule has 0 bridgehead atoms. The minimum Gasteiger partial charge on any atom is -0.493 e. The first-order valence-electron chi connectivity index (χ1n) is 5.47. The molecule has 1 aromatic rings. The van der Waals surface area contributed by atoms with Gasteiger partial charge in [-0.15, -0.1) is 0 Å². The summed E-state index contributed by atoms with van der Waals surface area (Å²) < 4.78 is 48.3. The number of halogens is 4. The zero-order chi connectivity index (χ0) is 14.6. The predicted molar refractivity (Wildman–Crippen MR) is 69.7 cm³/mol. The van der Waals surface area contributed by atoms with Gasteiger partial charge in [-0.2, -0.15) is 13.2 Å². The minimum absolute atomic E-state index is 0.392. The number of benzene rings is 1. The van der Waals surface area contributed by atoms with Crippen LogP contribution in [0.15, 0.2) is 16.6 Å². The van der Waals surface area contributed by atoms with Gasteiger partial charge in [0.25, 0.3) is 0 Å². The Morgan fingerprint density at radius 1 is 1.21 bits per heavy atom. The number of ether oxygens (including phenoxy) is 2. The van der Waals surface area contributed by atoms with Crippen LogP contribution in [0.25, 0.3) is 0 Å². The largest absolute Gasteiger partial charge is 0.493 e. The molecule has 0 aliphatic heterocycles. The van der Waals surface area contributed by atoms with E-state index in [2.05, 4.69) is 21.2 Å². The van der Waals surface area contributed by atoms with Crippen LogP contribution in [-0.4, -0.2) is 27.4 Å². The van der Waals surface area contributed by atoms with Crippen molar-refractivity contribution in [2.75, 3.05) is 21.3 Å². The highest BCUT2D eigenvalue weighted by molar-refractivity contribution is 9.10. The minimum atomic E-state index is -4.25. The van der Waals surface area contributed by atoms with Crippen LogP contribution in [0.2, 0.25) is 0 Å². The number of methoxy groups -OCH3 is 2. The van der Waals surface area contributed by atoms with Crippen LogP contribution in [0.3, 0.4) is 0 Å². The number of hydrogen-bond donors (Lipinski definition) is 1. The first-order chi connectivity index (χ1) is 8.82. The number of rotatable bonds is 5. The lowest BCUT2D eigenvalue weighted by Gasteiger charge is -2.21. The van der Waals surface area contributed by atoms with Gasteiger partial charge in [-0.05, 0) is 24.7 Å². The summed E-state index contributed by atoms with van der Waals surface area (Å²) in [5.74, 6) is 0.850. The highest BCUT2D eigenvalue weighted by atomic mass is 79.9. The van der Waals surface area contributed by atoms with E-state index in [1.165, 1.54) is 27.3 Å². The number of nitrogens with one attached hydrogen (secondary N) is 1. The Labute approximate surface area is 118 Å². The summed E-state index contributed by atoms with van der Waals surface area (Å²) in [4.78, 5) is 0. The Balaban J connectivity index is 3.17. The second-order valence-corrected chi connectivity index (χ2v) is 4.74. The number of alkyl halides is 3. The summed E-state index contributed by atoms with van der Waals surface area (Å²) in [7, 11) is 4.39. The van der Waals surface area contributed by atoms with Gasteiger partial charge in [0.2, 0.25) is 0 Å². The molecule has 3 nitrogen and oxygen atoms in total. The Morgan fingerprint density at radius 2 is 1.74 bits per heavy atom. The Kier molecular flexibility index (Phi) is 5.49. The SMILES string of the molecule is CNC(CC(F)(F)F)c1cc(OC)c(OC)cc1Br. The van der Waals surface area contributed by atoms with Crippen molar-refractivity contribution >= 4 is 15.9 Å². The Hall–Kier alpha value is -0.950. The third-order valence-corrected chi connectivity index (χ3v) is 3.35. The van der Waals surface area contributed by atoms with Crippen LogP contribution in [-0.2, 0) is 0 Å². The first kappa shape index (κ1) is 16.1. The van der Waals surface area contributed by atoms with Crippen LogP contribution < -0.4 is 14.8 Å². The lowest BCUT2D eigenvalue weighted by molar-refractivity contribution is -0.140. The quantitative estimate of drug-likeness (QED) is 0.886. The van der Waals surface area contributed by atoms with E-state index in [0.717, 1.165) is 0 Å². The fraction of sp³-hybridized carbons (Fsp3) is 0.500. The molecule has 19 heavy (non-hydrogen) atoms. The van der Waals surface area contributed by atoms with Gasteiger partial charge in [0.05, 0.1) is 20.6 Å². The average Bonchev–Trinajstić information content (AvgIpc) is 2.34. The van der Waals surface area contributed by atoms with Gasteiger partial charge in [0.1, 0.15) is 0 Å². The van der Waals surface area contributed by atoms with E-state index in [0.29, 0.717) is 21.5 Å². The lowest BCUT2D eigenvalue weighted by atomic mass is 10.0. The van der Waals surface area contributed by atoms with Gasteiger partial charge in [0.15, 0.2) is 11.5 Å². The molecule has 1 rings (SSSR count). The predicted octanol–water partition coefficient (Wildman–Crippen LogP) is 3.68. The Morgan fingerprint density at radius 3 is 2.16 bits per heavy atom. The Bertz CT molecular complexity index is 438. The summed E-state index contributed by atoms with van der Waals surface area (Å²) in [6, 6.07) is 2.28. The maximum atomic E-state index is 12.5. The first-order valence-corrected chi connectivity index (χ1v) is 6.27. The summed E-state index contributed by atoms with van der Waals surface area (Å²) >= 11 is 3.26. The van der Waals surface area contributed by atoms with E-state index in [-0.39, 0.29) is 0 Å². The van der Waals surface area contributed by atoms with Gasteiger partial charge in [-0.3, -0.25) is 0 Å². The van der Waals surface area contributed by atoms with Crippen LogP contribution in [0.1, 0.15) is 18.0 Å². The maximum absolute atomic E-state index is 12.5. The van der Waals surface area contributed by atoms with Gasteiger partial charge in [0, 0.05) is 10.5 Å². The van der Waals surface area contributed by atoms with E-state index >= 15 is 0 Å². The molecule has 0 amide bonds. The van der Waals surface area contributed by atoms with Crippen molar-refractivity contribution in [1.29, 1.82) is 0 Å². The molecule has 0 aromatic heterocycles. The molecule has 0 spiro atoms. The van der Waals surface area contributed by atoms with Crippen molar-refractivity contribution in [2.45, 2.75) is 18.6 Å². The highest BCUT2D eigenvalue weighted by Crippen LogP contribution is 2.39. The molecule has 1 N–H and O–H groups in total. The number of hydrogen-bond acceptors (Lipinski definition) is 3.